The van der Waals surface area contributed by atoms with Gasteiger partial charge in [-0.25, -0.2) is 4.98 Å². The number of methoxy groups -OCH3 is 1. The van der Waals surface area contributed by atoms with Gasteiger partial charge in [-0.1, -0.05) is 18.9 Å². The molecule has 1 saturated carbocycles. The van der Waals surface area contributed by atoms with E-state index in [1.807, 2.05) is 18.2 Å². The van der Waals surface area contributed by atoms with E-state index in [2.05, 4.69) is 27.5 Å². The lowest BCUT2D eigenvalue weighted by Crippen LogP contribution is -2.43. The zero-order valence-corrected chi connectivity index (χ0v) is 15.8. The van der Waals surface area contributed by atoms with E-state index in [1.165, 1.54) is 25.7 Å². The summed E-state index contributed by atoms with van der Waals surface area (Å²) in [4.78, 5) is 8.75. The largest absolute Gasteiger partial charge is 0.481 e. The van der Waals surface area contributed by atoms with Crippen LogP contribution in [-0.2, 0) is 11.3 Å². The van der Waals surface area contributed by atoms with Gasteiger partial charge in [0.1, 0.15) is 0 Å². The predicted molar refractivity (Wildman–Crippen MR) is 101 cm³/mol. The average molecular weight is 348 g/mol. The zero-order chi connectivity index (χ0) is 18.0. The molecule has 2 rings (SSSR count). The maximum absolute atomic E-state index is 5.59. The molecule has 0 aliphatic heterocycles. The molecular weight excluding hydrogens is 316 g/mol. The van der Waals surface area contributed by atoms with Gasteiger partial charge < -0.3 is 20.1 Å². The molecule has 0 spiro atoms. The van der Waals surface area contributed by atoms with Crippen LogP contribution >= 0.6 is 0 Å². The number of rotatable bonds is 9. The van der Waals surface area contributed by atoms with Crippen molar-refractivity contribution >= 4 is 5.96 Å². The van der Waals surface area contributed by atoms with Crippen molar-refractivity contribution in [3.8, 4) is 5.88 Å². The maximum Gasteiger partial charge on any atom is 0.213 e. The van der Waals surface area contributed by atoms with Gasteiger partial charge in [0.2, 0.25) is 5.88 Å². The number of ether oxygens (including phenoxy) is 2. The summed E-state index contributed by atoms with van der Waals surface area (Å²) in [5.41, 5.74) is 1.26. The molecular formula is C19H32N4O2. The fourth-order valence-electron chi connectivity index (χ4n) is 3.41. The number of nitrogens with one attached hydrogen (secondary N) is 2. The Labute approximate surface area is 151 Å². The lowest BCUT2D eigenvalue weighted by atomic mass is 9.83. The average Bonchev–Trinajstić information content (AvgIpc) is 3.11. The van der Waals surface area contributed by atoms with Gasteiger partial charge in [0, 0.05) is 32.9 Å². The molecule has 2 N–H and O–H groups in total. The van der Waals surface area contributed by atoms with Crippen molar-refractivity contribution in [2.24, 2.45) is 10.4 Å². The molecule has 6 nitrogen and oxygen atoms in total. The minimum Gasteiger partial charge on any atom is -0.481 e. The summed E-state index contributed by atoms with van der Waals surface area (Å²) in [5, 5.41) is 6.84. The van der Waals surface area contributed by atoms with Crippen molar-refractivity contribution in [1.82, 2.24) is 15.6 Å². The normalized spacial score (nSPS) is 16.7. The van der Waals surface area contributed by atoms with Gasteiger partial charge in [-0.2, -0.15) is 0 Å². The van der Waals surface area contributed by atoms with E-state index in [0.717, 1.165) is 37.8 Å². The Morgan fingerprint density at radius 2 is 2.08 bits per heavy atom. The van der Waals surface area contributed by atoms with Gasteiger partial charge in [0.05, 0.1) is 19.3 Å². The molecule has 0 atom stereocenters. The van der Waals surface area contributed by atoms with E-state index >= 15 is 0 Å². The molecule has 0 saturated heterocycles. The molecule has 1 heterocycles. The Morgan fingerprint density at radius 3 is 2.76 bits per heavy atom. The maximum atomic E-state index is 5.59. The Bertz CT molecular complexity index is 542. The molecule has 0 unspecified atom stereocenters. The Morgan fingerprint density at radius 1 is 1.28 bits per heavy atom. The molecule has 1 aliphatic carbocycles. The number of guanidine groups is 1. The van der Waals surface area contributed by atoms with E-state index in [-0.39, 0.29) is 0 Å². The van der Waals surface area contributed by atoms with Crippen molar-refractivity contribution in [1.29, 1.82) is 0 Å². The third-order valence-electron chi connectivity index (χ3n) is 4.93. The standard InChI is InChI=1S/C19H32N4O2/c1-4-25-13-12-19(10-5-6-11-19)15-22-18(20-2)21-14-16-8-7-9-17(23-16)24-3/h7-9H,4-6,10-15H2,1-3H3,(H2,20,21,22). The van der Waals surface area contributed by atoms with Crippen LogP contribution in [0.15, 0.2) is 23.2 Å². The number of aromatic nitrogens is 1. The first-order chi connectivity index (χ1) is 12.2. The SMILES string of the molecule is CCOCCC1(CNC(=NC)NCc2cccc(OC)n2)CCCC1. The zero-order valence-electron chi connectivity index (χ0n) is 15.8. The lowest BCUT2D eigenvalue weighted by molar-refractivity contribution is 0.105. The number of pyridine rings is 1. The smallest absolute Gasteiger partial charge is 0.213 e. The molecule has 0 amide bonds. The first kappa shape index (κ1) is 19.5. The third-order valence-corrected chi connectivity index (χ3v) is 4.93. The van der Waals surface area contributed by atoms with Crippen LogP contribution < -0.4 is 15.4 Å². The van der Waals surface area contributed by atoms with Crippen molar-refractivity contribution in [3.05, 3.63) is 23.9 Å². The molecule has 1 aliphatic rings. The molecule has 140 valence electrons. The number of aliphatic imine (C=N–C) groups is 1. The summed E-state index contributed by atoms with van der Waals surface area (Å²) in [6, 6.07) is 5.77. The molecule has 1 aromatic rings. The lowest BCUT2D eigenvalue weighted by Gasteiger charge is -2.30. The second-order valence-corrected chi connectivity index (χ2v) is 6.60. The summed E-state index contributed by atoms with van der Waals surface area (Å²) in [6.07, 6.45) is 6.27. The van der Waals surface area contributed by atoms with Crippen LogP contribution in [0, 0.1) is 5.41 Å². The molecule has 1 fully saturated rings. The number of hydrogen-bond donors (Lipinski definition) is 2. The van der Waals surface area contributed by atoms with Crippen LogP contribution in [0.5, 0.6) is 5.88 Å². The van der Waals surface area contributed by atoms with Gasteiger partial charge in [0.15, 0.2) is 5.96 Å². The minimum atomic E-state index is 0.334. The minimum absolute atomic E-state index is 0.334. The highest BCUT2D eigenvalue weighted by atomic mass is 16.5. The summed E-state index contributed by atoms with van der Waals surface area (Å²) >= 11 is 0. The summed E-state index contributed by atoms with van der Waals surface area (Å²) < 4.78 is 10.8. The van der Waals surface area contributed by atoms with E-state index in [9.17, 15) is 0 Å². The van der Waals surface area contributed by atoms with Crippen LogP contribution in [0.25, 0.3) is 0 Å². The number of nitrogens with zero attached hydrogens (tertiary/aromatic N) is 2. The van der Waals surface area contributed by atoms with Gasteiger partial charge in [-0.05, 0) is 37.7 Å². The number of hydrogen-bond acceptors (Lipinski definition) is 4. The molecule has 1 aromatic heterocycles. The van der Waals surface area contributed by atoms with Crippen LogP contribution in [0.1, 0.15) is 44.7 Å². The Kier molecular flexibility index (Phi) is 7.98. The van der Waals surface area contributed by atoms with Crippen LogP contribution in [0.3, 0.4) is 0 Å². The second-order valence-electron chi connectivity index (χ2n) is 6.60. The highest BCUT2D eigenvalue weighted by molar-refractivity contribution is 5.79. The summed E-state index contributed by atoms with van der Waals surface area (Å²) in [6.45, 7) is 5.24. The van der Waals surface area contributed by atoms with E-state index in [4.69, 9.17) is 9.47 Å². The quantitative estimate of drug-likeness (QED) is 0.408. The van der Waals surface area contributed by atoms with Gasteiger partial charge >= 0.3 is 0 Å². The molecule has 0 aromatic carbocycles. The van der Waals surface area contributed by atoms with Crippen molar-refractivity contribution in [2.75, 3.05) is 33.9 Å². The van der Waals surface area contributed by atoms with Crippen LogP contribution in [0.4, 0.5) is 0 Å². The highest BCUT2D eigenvalue weighted by Gasteiger charge is 2.33. The molecule has 0 radical (unpaired) electrons. The first-order valence-electron chi connectivity index (χ1n) is 9.23. The predicted octanol–water partition coefficient (Wildman–Crippen LogP) is 2.74. The van der Waals surface area contributed by atoms with E-state index < -0.39 is 0 Å². The summed E-state index contributed by atoms with van der Waals surface area (Å²) in [7, 11) is 3.43. The fraction of sp³-hybridized carbons (Fsp3) is 0.684. The van der Waals surface area contributed by atoms with Crippen LogP contribution in [0.2, 0.25) is 0 Å². The van der Waals surface area contributed by atoms with Crippen molar-refractivity contribution in [3.63, 3.8) is 0 Å². The van der Waals surface area contributed by atoms with E-state index in [1.54, 1.807) is 14.2 Å². The Balaban J connectivity index is 1.83. The van der Waals surface area contributed by atoms with E-state index in [0.29, 0.717) is 17.8 Å². The van der Waals surface area contributed by atoms with Gasteiger partial charge in [0.25, 0.3) is 0 Å². The van der Waals surface area contributed by atoms with Crippen molar-refractivity contribution in [2.45, 2.75) is 45.6 Å². The fourth-order valence-corrected chi connectivity index (χ4v) is 3.41. The monoisotopic (exact) mass is 348 g/mol. The molecule has 25 heavy (non-hydrogen) atoms. The van der Waals surface area contributed by atoms with Crippen LogP contribution in [-0.4, -0.2) is 44.9 Å². The molecule has 0 bridgehead atoms. The van der Waals surface area contributed by atoms with Gasteiger partial charge in [-0.3, -0.25) is 4.99 Å². The van der Waals surface area contributed by atoms with Crippen molar-refractivity contribution < 1.29 is 9.47 Å². The summed E-state index contributed by atoms with van der Waals surface area (Å²) in [5.74, 6) is 1.44. The Hall–Kier alpha value is -1.82. The second kappa shape index (κ2) is 10.2. The molecule has 6 heteroatoms. The first-order valence-corrected chi connectivity index (χ1v) is 9.23. The van der Waals surface area contributed by atoms with Gasteiger partial charge in [-0.15, -0.1) is 0 Å². The third kappa shape index (κ3) is 6.20. The topological polar surface area (TPSA) is 67.8 Å². The highest BCUT2D eigenvalue weighted by Crippen LogP contribution is 2.40.